The summed E-state index contributed by atoms with van der Waals surface area (Å²) in [6, 6.07) is 8.63. The molecule has 1 heterocycles. The summed E-state index contributed by atoms with van der Waals surface area (Å²) in [6.45, 7) is 4.18. The zero-order chi connectivity index (χ0) is 12.4. The highest BCUT2D eigenvalue weighted by Crippen LogP contribution is 2.20. The smallest absolute Gasteiger partial charge is 0.0955 e. The molecule has 0 aliphatic rings. The van der Waals surface area contributed by atoms with Crippen LogP contribution in [0, 0.1) is 23.2 Å². The molecule has 1 aromatic carbocycles. The lowest BCUT2D eigenvalue weighted by Crippen LogP contribution is -2.09. The van der Waals surface area contributed by atoms with Gasteiger partial charge >= 0.3 is 0 Å². The third-order valence-electron chi connectivity index (χ3n) is 3.22. The molecule has 0 radical (unpaired) electrons. The van der Waals surface area contributed by atoms with Gasteiger partial charge in [0.05, 0.1) is 29.3 Å². The third-order valence-corrected chi connectivity index (χ3v) is 3.22. The van der Waals surface area contributed by atoms with Gasteiger partial charge in [0.25, 0.3) is 0 Å². The van der Waals surface area contributed by atoms with Crippen LogP contribution in [0.25, 0.3) is 11.0 Å². The first kappa shape index (κ1) is 11.7. The lowest BCUT2D eigenvalue weighted by Gasteiger charge is -2.12. The molecule has 0 aliphatic heterocycles. The number of rotatable bonds is 3. The molecule has 1 aromatic heterocycles. The van der Waals surface area contributed by atoms with E-state index in [1.165, 1.54) is 5.56 Å². The summed E-state index contributed by atoms with van der Waals surface area (Å²) in [5, 5.41) is 9.11. The Morgan fingerprint density at radius 3 is 2.82 bits per heavy atom. The fourth-order valence-corrected chi connectivity index (χ4v) is 1.99. The van der Waals surface area contributed by atoms with Crippen LogP contribution < -0.4 is 0 Å². The average molecular weight is 227 g/mol. The van der Waals surface area contributed by atoms with Gasteiger partial charge in [0.1, 0.15) is 0 Å². The van der Waals surface area contributed by atoms with E-state index in [0.717, 1.165) is 17.5 Å². The molecule has 88 valence electrons. The van der Waals surface area contributed by atoms with Gasteiger partial charge in [-0.1, -0.05) is 19.9 Å². The van der Waals surface area contributed by atoms with E-state index in [9.17, 15) is 0 Å². The summed E-state index contributed by atoms with van der Waals surface area (Å²) in [7, 11) is 1.99. The zero-order valence-corrected chi connectivity index (χ0v) is 10.5. The summed E-state index contributed by atoms with van der Waals surface area (Å²) in [6.07, 6.45) is 2.62. The molecule has 3 nitrogen and oxygen atoms in total. The van der Waals surface area contributed by atoms with Crippen molar-refractivity contribution in [1.82, 2.24) is 9.55 Å². The van der Waals surface area contributed by atoms with Crippen LogP contribution in [0.5, 0.6) is 0 Å². The first-order valence-corrected chi connectivity index (χ1v) is 5.91. The molecule has 0 amide bonds. The number of imidazole rings is 1. The van der Waals surface area contributed by atoms with Crippen LogP contribution in [0.15, 0.2) is 24.5 Å². The van der Waals surface area contributed by atoms with Gasteiger partial charge in [0.2, 0.25) is 0 Å². The first-order valence-electron chi connectivity index (χ1n) is 5.91. The van der Waals surface area contributed by atoms with Gasteiger partial charge in [-0.2, -0.15) is 5.26 Å². The van der Waals surface area contributed by atoms with Crippen LogP contribution in [0.2, 0.25) is 0 Å². The Labute approximate surface area is 102 Å². The van der Waals surface area contributed by atoms with E-state index < -0.39 is 0 Å². The van der Waals surface area contributed by atoms with Gasteiger partial charge in [0.15, 0.2) is 0 Å². The van der Waals surface area contributed by atoms with E-state index >= 15 is 0 Å². The Hall–Kier alpha value is -1.82. The van der Waals surface area contributed by atoms with Gasteiger partial charge in [-0.25, -0.2) is 4.98 Å². The molecule has 1 unspecified atom stereocenters. The van der Waals surface area contributed by atoms with Crippen LogP contribution >= 0.6 is 0 Å². The lowest BCUT2D eigenvalue weighted by molar-refractivity contribution is 0.474. The van der Waals surface area contributed by atoms with Gasteiger partial charge in [0, 0.05) is 7.05 Å². The number of benzene rings is 1. The molecule has 0 aliphatic carbocycles. The molecule has 0 saturated carbocycles. The van der Waals surface area contributed by atoms with Crippen molar-refractivity contribution in [3.8, 4) is 6.07 Å². The Morgan fingerprint density at radius 1 is 1.41 bits per heavy atom. The van der Waals surface area contributed by atoms with Gasteiger partial charge in [-0.05, 0) is 30.0 Å². The van der Waals surface area contributed by atoms with Crippen molar-refractivity contribution in [2.24, 2.45) is 18.9 Å². The average Bonchev–Trinajstić information content (AvgIpc) is 2.67. The van der Waals surface area contributed by atoms with E-state index in [1.54, 1.807) is 0 Å². The molecular weight excluding hydrogens is 210 g/mol. The van der Waals surface area contributed by atoms with Crippen LogP contribution in [0.4, 0.5) is 0 Å². The standard InChI is InChI=1S/C14H17N3/c1-10(2)12(8-15)6-11-4-5-14-13(7-11)16-9-17(14)3/h4-5,7,9-10,12H,6H2,1-3H3. The molecule has 0 N–H and O–H groups in total. The van der Waals surface area contributed by atoms with Gasteiger partial charge < -0.3 is 4.57 Å². The second-order valence-electron chi connectivity index (χ2n) is 4.86. The molecular formula is C14H17N3. The SMILES string of the molecule is CC(C)C(C#N)Cc1ccc2c(c1)ncn2C. The highest BCUT2D eigenvalue weighted by Gasteiger charge is 2.13. The maximum absolute atomic E-state index is 9.11. The van der Waals surface area contributed by atoms with E-state index in [1.807, 2.05) is 17.9 Å². The van der Waals surface area contributed by atoms with Crippen molar-refractivity contribution in [1.29, 1.82) is 5.26 Å². The van der Waals surface area contributed by atoms with Gasteiger partial charge in [-0.3, -0.25) is 0 Å². The minimum Gasteiger partial charge on any atom is -0.334 e. The molecule has 2 rings (SSSR count). The quantitative estimate of drug-likeness (QED) is 0.809. The number of fused-ring (bicyclic) bond motifs is 1. The zero-order valence-electron chi connectivity index (χ0n) is 10.5. The molecule has 17 heavy (non-hydrogen) atoms. The maximum atomic E-state index is 9.11. The van der Waals surface area contributed by atoms with Crippen molar-refractivity contribution in [3.63, 3.8) is 0 Å². The van der Waals surface area contributed by atoms with Crippen molar-refractivity contribution >= 4 is 11.0 Å². The summed E-state index contributed by atoms with van der Waals surface area (Å²) in [4.78, 5) is 4.34. The normalized spacial score (nSPS) is 12.9. The van der Waals surface area contributed by atoms with Crippen LogP contribution in [0.3, 0.4) is 0 Å². The van der Waals surface area contributed by atoms with Crippen LogP contribution in [0.1, 0.15) is 19.4 Å². The Bertz CT molecular complexity index is 560. The molecule has 1 atom stereocenters. The predicted octanol–water partition coefficient (Wildman–Crippen LogP) is 2.91. The Balaban J connectivity index is 2.28. The number of aryl methyl sites for hydroxylation is 1. The lowest BCUT2D eigenvalue weighted by atomic mass is 9.90. The molecule has 2 aromatic rings. The second-order valence-corrected chi connectivity index (χ2v) is 4.86. The Morgan fingerprint density at radius 2 is 2.18 bits per heavy atom. The highest BCUT2D eigenvalue weighted by molar-refractivity contribution is 5.75. The second kappa shape index (κ2) is 4.58. The molecule has 3 heteroatoms. The van der Waals surface area contributed by atoms with Crippen molar-refractivity contribution in [2.75, 3.05) is 0 Å². The van der Waals surface area contributed by atoms with E-state index in [4.69, 9.17) is 5.26 Å². The fourth-order valence-electron chi connectivity index (χ4n) is 1.99. The summed E-state index contributed by atoms with van der Waals surface area (Å²) in [5.74, 6) is 0.468. The first-order chi connectivity index (χ1) is 8.11. The highest BCUT2D eigenvalue weighted by atomic mass is 15.0. The van der Waals surface area contributed by atoms with Crippen molar-refractivity contribution in [2.45, 2.75) is 20.3 Å². The number of hydrogen-bond acceptors (Lipinski definition) is 2. The van der Waals surface area contributed by atoms with E-state index in [2.05, 4.69) is 43.1 Å². The number of aromatic nitrogens is 2. The number of nitriles is 1. The van der Waals surface area contributed by atoms with Crippen molar-refractivity contribution < 1.29 is 0 Å². The largest absolute Gasteiger partial charge is 0.334 e. The summed E-state index contributed by atoms with van der Waals surface area (Å²) >= 11 is 0. The monoisotopic (exact) mass is 227 g/mol. The number of nitrogens with zero attached hydrogens (tertiary/aromatic N) is 3. The number of hydrogen-bond donors (Lipinski definition) is 0. The topological polar surface area (TPSA) is 41.6 Å². The third kappa shape index (κ3) is 2.31. The van der Waals surface area contributed by atoms with Crippen molar-refractivity contribution in [3.05, 3.63) is 30.1 Å². The maximum Gasteiger partial charge on any atom is 0.0955 e. The molecule has 0 bridgehead atoms. The predicted molar refractivity (Wildman–Crippen MR) is 68.4 cm³/mol. The molecule has 0 spiro atoms. The van der Waals surface area contributed by atoms with E-state index in [0.29, 0.717) is 5.92 Å². The summed E-state index contributed by atoms with van der Waals surface area (Å²) < 4.78 is 2.00. The Kier molecular flexibility index (Phi) is 3.14. The van der Waals surface area contributed by atoms with Crippen LogP contribution in [-0.2, 0) is 13.5 Å². The fraction of sp³-hybridized carbons (Fsp3) is 0.429. The molecule has 0 fully saturated rings. The van der Waals surface area contributed by atoms with Gasteiger partial charge in [-0.15, -0.1) is 0 Å². The van der Waals surface area contributed by atoms with E-state index in [-0.39, 0.29) is 5.92 Å². The minimum absolute atomic E-state index is 0.0798. The van der Waals surface area contributed by atoms with Crippen LogP contribution in [-0.4, -0.2) is 9.55 Å². The summed E-state index contributed by atoms with van der Waals surface area (Å²) in [5.41, 5.74) is 3.33. The minimum atomic E-state index is 0.0798. The molecule has 0 saturated heterocycles.